The minimum absolute atomic E-state index is 0.153. The molecule has 2 saturated heterocycles. The predicted molar refractivity (Wildman–Crippen MR) is 80.4 cm³/mol. The quantitative estimate of drug-likeness (QED) is 0.912. The van der Waals surface area contributed by atoms with Gasteiger partial charge in [-0.05, 0) is 49.8 Å². The topological polar surface area (TPSA) is 46.5 Å². The third kappa shape index (κ3) is 2.29. The number of ether oxygens (including phenoxy) is 1. The molecule has 1 aromatic rings. The lowest BCUT2D eigenvalue weighted by atomic mass is 9.80. The van der Waals surface area contributed by atoms with Crippen LogP contribution in [0.2, 0.25) is 0 Å². The Morgan fingerprint density at radius 1 is 1.30 bits per heavy atom. The second-order valence-corrected chi connectivity index (χ2v) is 8.12. The van der Waals surface area contributed by atoms with Gasteiger partial charge in [0.25, 0.3) is 0 Å². The molecule has 2 bridgehead atoms. The highest BCUT2D eigenvalue weighted by Gasteiger charge is 2.46. The standard InChI is InChI=1S/C16H22O3S/c1-11-6-7-12(8-15(11)19-2)16(17)9-13-4-3-5-14(10-16)20(13)18/h6-8,13-14,17H,3-5,9-10H2,1-2H3. The van der Waals surface area contributed by atoms with Gasteiger partial charge in [-0.2, -0.15) is 0 Å². The summed E-state index contributed by atoms with van der Waals surface area (Å²) in [5.74, 6) is 0.813. The summed E-state index contributed by atoms with van der Waals surface area (Å²) in [5.41, 5.74) is 1.14. The monoisotopic (exact) mass is 294 g/mol. The SMILES string of the molecule is COc1cc(C2(O)CC3CCCC(C2)S3=O)ccc1C. The van der Waals surface area contributed by atoms with Crippen LogP contribution in [0.3, 0.4) is 0 Å². The fourth-order valence-corrected chi connectivity index (χ4v) is 5.85. The number of hydrogen-bond acceptors (Lipinski definition) is 3. The molecule has 0 aromatic heterocycles. The molecule has 4 heteroatoms. The molecule has 2 fully saturated rings. The van der Waals surface area contributed by atoms with Crippen LogP contribution in [0, 0.1) is 6.92 Å². The average molecular weight is 294 g/mol. The van der Waals surface area contributed by atoms with Crippen molar-refractivity contribution in [3.63, 3.8) is 0 Å². The lowest BCUT2D eigenvalue weighted by molar-refractivity contribution is 0.00636. The minimum atomic E-state index is -0.843. The van der Waals surface area contributed by atoms with Gasteiger partial charge in [-0.3, -0.25) is 4.21 Å². The Morgan fingerprint density at radius 3 is 2.55 bits per heavy atom. The molecule has 1 aromatic carbocycles. The van der Waals surface area contributed by atoms with Crippen molar-refractivity contribution in [1.29, 1.82) is 0 Å². The Morgan fingerprint density at radius 2 is 1.95 bits per heavy atom. The van der Waals surface area contributed by atoms with Crippen molar-refractivity contribution < 1.29 is 14.1 Å². The van der Waals surface area contributed by atoms with Gasteiger partial charge in [-0.25, -0.2) is 0 Å². The molecule has 2 unspecified atom stereocenters. The largest absolute Gasteiger partial charge is 0.496 e. The van der Waals surface area contributed by atoms with Gasteiger partial charge in [0.05, 0.1) is 12.7 Å². The van der Waals surface area contributed by atoms with Crippen LogP contribution in [0.5, 0.6) is 5.75 Å². The van der Waals surface area contributed by atoms with Crippen molar-refractivity contribution in [3.8, 4) is 5.75 Å². The van der Waals surface area contributed by atoms with Crippen molar-refractivity contribution in [2.75, 3.05) is 7.11 Å². The van der Waals surface area contributed by atoms with Crippen LogP contribution in [0.4, 0.5) is 0 Å². The molecule has 20 heavy (non-hydrogen) atoms. The maximum absolute atomic E-state index is 12.3. The Kier molecular flexibility index (Phi) is 3.63. The van der Waals surface area contributed by atoms with Crippen LogP contribution >= 0.6 is 0 Å². The van der Waals surface area contributed by atoms with Gasteiger partial charge >= 0.3 is 0 Å². The van der Waals surface area contributed by atoms with Crippen molar-refractivity contribution >= 4 is 10.8 Å². The van der Waals surface area contributed by atoms with E-state index in [1.54, 1.807) is 7.11 Å². The number of benzene rings is 1. The molecular formula is C16H22O3S. The van der Waals surface area contributed by atoms with Gasteiger partial charge < -0.3 is 9.84 Å². The third-order valence-electron chi connectivity index (χ3n) is 4.79. The summed E-state index contributed by atoms with van der Waals surface area (Å²) in [6.07, 6.45) is 4.34. The molecule has 0 amide bonds. The smallest absolute Gasteiger partial charge is 0.122 e. The second kappa shape index (κ2) is 5.15. The second-order valence-electron chi connectivity index (χ2n) is 6.13. The summed E-state index contributed by atoms with van der Waals surface area (Å²) >= 11 is 0. The highest BCUT2D eigenvalue weighted by atomic mass is 32.2. The van der Waals surface area contributed by atoms with Crippen LogP contribution in [-0.4, -0.2) is 26.9 Å². The Bertz CT molecular complexity index is 525. The maximum Gasteiger partial charge on any atom is 0.122 e. The number of methoxy groups -OCH3 is 1. The number of aryl methyl sites for hydroxylation is 1. The maximum atomic E-state index is 12.3. The van der Waals surface area contributed by atoms with E-state index in [2.05, 4.69) is 0 Å². The molecule has 1 N–H and O–H groups in total. The van der Waals surface area contributed by atoms with Crippen molar-refractivity contribution in [1.82, 2.24) is 0 Å². The van der Waals surface area contributed by atoms with Crippen LogP contribution in [-0.2, 0) is 16.4 Å². The summed E-state index contributed by atoms with van der Waals surface area (Å²) in [4.78, 5) is 0. The van der Waals surface area contributed by atoms with Gasteiger partial charge in [-0.1, -0.05) is 18.6 Å². The molecule has 2 heterocycles. The summed E-state index contributed by atoms with van der Waals surface area (Å²) in [6, 6.07) is 5.93. The lowest BCUT2D eigenvalue weighted by Crippen LogP contribution is -2.47. The van der Waals surface area contributed by atoms with E-state index in [9.17, 15) is 9.32 Å². The normalized spacial score (nSPS) is 36.6. The zero-order valence-corrected chi connectivity index (χ0v) is 12.9. The molecule has 110 valence electrons. The number of hydrogen-bond donors (Lipinski definition) is 1. The van der Waals surface area contributed by atoms with Crippen molar-refractivity contribution in [3.05, 3.63) is 29.3 Å². The first-order chi connectivity index (χ1) is 9.53. The van der Waals surface area contributed by atoms with Gasteiger partial charge in [0.15, 0.2) is 0 Å². The Balaban J connectivity index is 1.94. The first-order valence-electron chi connectivity index (χ1n) is 7.30. The van der Waals surface area contributed by atoms with Crippen LogP contribution in [0.15, 0.2) is 18.2 Å². The van der Waals surface area contributed by atoms with Crippen molar-refractivity contribution in [2.24, 2.45) is 0 Å². The van der Waals surface area contributed by atoms with Crippen LogP contribution < -0.4 is 4.74 Å². The summed E-state index contributed by atoms with van der Waals surface area (Å²) in [6.45, 7) is 2.00. The summed E-state index contributed by atoms with van der Waals surface area (Å²) in [5, 5.41) is 11.4. The molecule has 0 aliphatic carbocycles. The van der Waals surface area contributed by atoms with E-state index in [0.717, 1.165) is 36.1 Å². The molecule has 0 spiro atoms. The molecule has 0 saturated carbocycles. The van der Waals surface area contributed by atoms with E-state index in [0.29, 0.717) is 12.8 Å². The molecule has 2 aliphatic rings. The third-order valence-corrected chi connectivity index (χ3v) is 6.90. The van der Waals surface area contributed by atoms with Crippen LogP contribution in [0.25, 0.3) is 0 Å². The lowest BCUT2D eigenvalue weighted by Gasteiger charge is -2.43. The first kappa shape index (κ1) is 14.1. The van der Waals surface area contributed by atoms with Gasteiger partial charge in [-0.15, -0.1) is 0 Å². The molecule has 3 nitrogen and oxygen atoms in total. The number of fused-ring (bicyclic) bond motifs is 2. The average Bonchev–Trinajstić information content (AvgIpc) is 2.41. The predicted octanol–water partition coefficient (Wildman–Crippen LogP) is 2.65. The van der Waals surface area contributed by atoms with Gasteiger partial charge in [0.1, 0.15) is 5.75 Å². The fourth-order valence-electron chi connectivity index (χ4n) is 3.63. The molecule has 2 atom stereocenters. The highest BCUT2D eigenvalue weighted by Crippen LogP contribution is 2.45. The van der Waals surface area contributed by atoms with E-state index >= 15 is 0 Å². The summed E-state index contributed by atoms with van der Waals surface area (Å²) in [7, 11) is 0.894. The fraction of sp³-hybridized carbons (Fsp3) is 0.625. The van der Waals surface area contributed by atoms with E-state index in [4.69, 9.17) is 4.74 Å². The summed E-state index contributed by atoms with van der Waals surface area (Å²) < 4.78 is 17.6. The van der Waals surface area contributed by atoms with E-state index in [-0.39, 0.29) is 10.5 Å². The van der Waals surface area contributed by atoms with Gasteiger partial charge in [0.2, 0.25) is 0 Å². The Hall–Kier alpha value is -0.870. The molecule has 3 rings (SSSR count). The number of rotatable bonds is 2. The van der Waals surface area contributed by atoms with E-state index in [1.165, 1.54) is 0 Å². The minimum Gasteiger partial charge on any atom is -0.496 e. The van der Waals surface area contributed by atoms with E-state index < -0.39 is 16.4 Å². The Labute approximate surface area is 122 Å². The van der Waals surface area contributed by atoms with Crippen LogP contribution in [0.1, 0.15) is 43.2 Å². The molecule has 0 radical (unpaired) electrons. The van der Waals surface area contributed by atoms with Gasteiger partial charge in [0, 0.05) is 21.3 Å². The van der Waals surface area contributed by atoms with Crippen molar-refractivity contribution in [2.45, 2.75) is 55.1 Å². The number of aliphatic hydroxyl groups is 1. The zero-order chi connectivity index (χ0) is 14.3. The van der Waals surface area contributed by atoms with E-state index in [1.807, 2.05) is 25.1 Å². The first-order valence-corrected chi connectivity index (χ1v) is 8.58. The molecular weight excluding hydrogens is 272 g/mol. The molecule has 2 aliphatic heterocycles. The highest BCUT2D eigenvalue weighted by molar-refractivity contribution is 7.86. The zero-order valence-electron chi connectivity index (χ0n) is 12.1.